The van der Waals surface area contributed by atoms with Crippen molar-refractivity contribution in [1.29, 1.82) is 0 Å². The summed E-state index contributed by atoms with van der Waals surface area (Å²) in [6.07, 6.45) is 5.60. The number of nitrogens with one attached hydrogen (secondary N) is 1. The number of aromatic nitrogens is 2. The smallest absolute Gasteiger partial charge is 0.279 e. The molecule has 0 radical (unpaired) electrons. The van der Waals surface area contributed by atoms with E-state index >= 15 is 0 Å². The molecule has 3 atom stereocenters. The molecule has 43 heavy (non-hydrogen) atoms. The summed E-state index contributed by atoms with van der Waals surface area (Å²) in [5.41, 5.74) is 2.10. The second-order valence-electron chi connectivity index (χ2n) is 11.2. The molecular weight excluding hydrogens is 544 g/mol. The third kappa shape index (κ3) is 4.70. The predicted molar refractivity (Wildman–Crippen MR) is 165 cm³/mol. The van der Waals surface area contributed by atoms with Gasteiger partial charge in [-0.05, 0) is 47.9 Å². The van der Waals surface area contributed by atoms with Crippen LogP contribution in [0.1, 0.15) is 30.0 Å². The minimum absolute atomic E-state index is 0.0566. The first-order valence-corrected chi connectivity index (χ1v) is 14.4. The van der Waals surface area contributed by atoms with Gasteiger partial charge in [0.15, 0.2) is 5.60 Å². The van der Waals surface area contributed by atoms with Crippen LogP contribution in [0.15, 0.2) is 96.3 Å². The molecule has 3 aromatic carbocycles. The van der Waals surface area contributed by atoms with E-state index in [2.05, 4.69) is 11.7 Å². The largest absolute Gasteiger partial charge is 0.394 e. The number of carbonyl (C=O) groups excluding carboxylic acids is 2. The Morgan fingerprint density at radius 1 is 1.12 bits per heavy atom. The molecule has 9 nitrogen and oxygen atoms in total. The fourth-order valence-electron chi connectivity index (χ4n) is 6.30. The number of hydrogen-bond acceptors (Lipinski definition) is 5. The van der Waals surface area contributed by atoms with Crippen LogP contribution in [-0.4, -0.2) is 55.9 Å². The van der Waals surface area contributed by atoms with Crippen LogP contribution in [0.4, 0.5) is 5.69 Å². The first-order chi connectivity index (χ1) is 20.8. The van der Waals surface area contributed by atoms with Crippen LogP contribution >= 0.6 is 0 Å². The van der Waals surface area contributed by atoms with E-state index in [0.717, 1.165) is 11.1 Å². The zero-order valence-electron chi connectivity index (χ0n) is 23.9. The average molecular weight is 579 g/mol. The zero-order chi connectivity index (χ0) is 30.3. The first-order valence-electron chi connectivity index (χ1n) is 14.4. The number of para-hydroxylation sites is 1. The van der Waals surface area contributed by atoms with Crippen molar-refractivity contribution >= 4 is 28.4 Å². The minimum atomic E-state index is -1.93. The van der Waals surface area contributed by atoms with Gasteiger partial charge in [-0.3, -0.25) is 19.5 Å². The molecule has 0 fully saturated rings. The van der Waals surface area contributed by atoms with Crippen molar-refractivity contribution in [1.82, 2.24) is 14.7 Å². The van der Waals surface area contributed by atoms with Crippen LogP contribution in [-0.2, 0) is 28.2 Å². The second kappa shape index (κ2) is 11.2. The molecule has 0 unspecified atom stereocenters. The minimum Gasteiger partial charge on any atom is -0.394 e. The van der Waals surface area contributed by atoms with Gasteiger partial charge in [0.05, 0.1) is 34.9 Å². The Bertz CT molecular complexity index is 1820. The van der Waals surface area contributed by atoms with Crippen LogP contribution < -0.4 is 10.5 Å². The molecule has 0 spiro atoms. The van der Waals surface area contributed by atoms with Crippen molar-refractivity contribution in [2.75, 3.05) is 18.1 Å². The lowest BCUT2D eigenvalue weighted by Gasteiger charge is -2.36. The average Bonchev–Trinajstić information content (AvgIpc) is 3.47. The summed E-state index contributed by atoms with van der Waals surface area (Å²) < 4.78 is 1.40. The molecule has 220 valence electrons. The van der Waals surface area contributed by atoms with Crippen LogP contribution in [0, 0.1) is 5.92 Å². The predicted octanol–water partition coefficient (Wildman–Crippen LogP) is 3.57. The lowest BCUT2D eigenvalue weighted by atomic mass is 9.82. The van der Waals surface area contributed by atoms with E-state index in [1.165, 1.54) is 9.58 Å². The highest BCUT2D eigenvalue weighted by molar-refractivity contribution is 6.07. The summed E-state index contributed by atoms with van der Waals surface area (Å²) in [5, 5.41) is 25.7. The lowest BCUT2D eigenvalue weighted by Crippen LogP contribution is -2.46. The first kappa shape index (κ1) is 28.4. The Morgan fingerprint density at radius 2 is 1.86 bits per heavy atom. The Balaban J connectivity index is 1.28. The van der Waals surface area contributed by atoms with E-state index in [4.69, 9.17) is 0 Å². The monoisotopic (exact) mass is 578 g/mol. The maximum atomic E-state index is 13.7. The van der Waals surface area contributed by atoms with Crippen molar-refractivity contribution in [2.45, 2.75) is 38.0 Å². The highest BCUT2D eigenvalue weighted by Gasteiger charge is 2.52. The zero-order valence-corrected chi connectivity index (χ0v) is 23.9. The van der Waals surface area contributed by atoms with E-state index in [-0.39, 0.29) is 37.1 Å². The van der Waals surface area contributed by atoms with Crippen molar-refractivity contribution < 1.29 is 19.8 Å². The molecule has 4 aromatic rings. The molecule has 1 aromatic heterocycles. The number of rotatable bonds is 8. The van der Waals surface area contributed by atoms with Gasteiger partial charge in [0, 0.05) is 31.0 Å². The number of aromatic amines is 1. The number of carbonyl (C=O) groups is 2. The van der Waals surface area contributed by atoms with E-state index in [9.17, 15) is 24.6 Å². The molecular formula is C34H34N4O5. The third-order valence-corrected chi connectivity index (χ3v) is 8.68. The van der Waals surface area contributed by atoms with Crippen LogP contribution in [0.5, 0.6) is 0 Å². The quantitative estimate of drug-likeness (QED) is 0.276. The van der Waals surface area contributed by atoms with Gasteiger partial charge >= 0.3 is 0 Å². The van der Waals surface area contributed by atoms with Crippen molar-refractivity contribution in [3.63, 3.8) is 0 Å². The highest BCUT2D eigenvalue weighted by Crippen LogP contribution is 2.46. The number of aliphatic hydroxyl groups is 2. The molecule has 2 amide bonds. The van der Waals surface area contributed by atoms with Crippen LogP contribution in [0.25, 0.3) is 16.6 Å². The molecule has 9 heteroatoms. The second-order valence-corrected chi connectivity index (χ2v) is 11.2. The number of fused-ring (bicyclic) bond motifs is 3. The molecule has 2 aliphatic heterocycles. The molecule has 6 rings (SSSR count). The Hall–Kier alpha value is -4.73. The standard InChI is InChI=1S/C34H34N4O5/c1-3-17-36-30-16-15-25(38-32(41)27-12-6-7-13-29(27)35-38)19-28(30)34(43,33(36)42)22(2)9-8-14-31(40)37-20-24-11-5-4-10-23(24)18-26(37)21-39/h3-13,15-16,19,22,26,35,39,43H,1,14,17-18,20-21H2,2H3/b9-8+/t22-,26+,34+/m1/s1. The molecule has 2 aliphatic rings. The maximum absolute atomic E-state index is 13.7. The van der Waals surface area contributed by atoms with Crippen LogP contribution in [0.3, 0.4) is 0 Å². The number of hydrogen-bond donors (Lipinski definition) is 3. The molecule has 3 heterocycles. The van der Waals surface area contributed by atoms with Gasteiger partial charge in [0.2, 0.25) is 5.91 Å². The molecule has 0 aliphatic carbocycles. The molecule has 0 saturated heterocycles. The highest BCUT2D eigenvalue weighted by atomic mass is 16.3. The summed E-state index contributed by atoms with van der Waals surface area (Å²) in [4.78, 5) is 43.3. The summed E-state index contributed by atoms with van der Waals surface area (Å²) in [6, 6.07) is 19.9. The lowest BCUT2D eigenvalue weighted by molar-refractivity contribution is -0.139. The fourth-order valence-corrected chi connectivity index (χ4v) is 6.30. The third-order valence-electron chi connectivity index (χ3n) is 8.68. The Labute approximate surface area is 249 Å². The van der Waals surface area contributed by atoms with Gasteiger partial charge in [-0.2, -0.15) is 0 Å². The normalized spacial score (nSPS) is 20.4. The topological polar surface area (TPSA) is 119 Å². The van der Waals surface area contributed by atoms with E-state index in [0.29, 0.717) is 40.8 Å². The number of nitrogens with zero attached hydrogens (tertiary/aromatic N) is 3. The number of H-pyrrole nitrogens is 1. The van der Waals surface area contributed by atoms with Gasteiger partial charge < -0.3 is 20.0 Å². The molecule has 0 bridgehead atoms. The SMILES string of the molecule is C=CCN1C(=O)[C@](O)([C@H](C)/C=C/CC(=O)N2Cc3ccccc3C[C@H]2CO)c2cc(-n3[nH]c4ccccc4c3=O)ccc21. The van der Waals surface area contributed by atoms with Crippen molar-refractivity contribution in [2.24, 2.45) is 5.92 Å². The van der Waals surface area contributed by atoms with E-state index < -0.39 is 17.4 Å². The fraction of sp³-hybridized carbons (Fsp3) is 0.265. The summed E-state index contributed by atoms with van der Waals surface area (Å²) >= 11 is 0. The Kier molecular flexibility index (Phi) is 7.37. The van der Waals surface area contributed by atoms with Gasteiger partial charge in [0.25, 0.3) is 11.5 Å². The summed E-state index contributed by atoms with van der Waals surface area (Å²) in [5.74, 6) is -1.34. The van der Waals surface area contributed by atoms with Gasteiger partial charge in [-0.1, -0.05) is 61.5 Å². The van der Waals surface area contributed by atoms with Crippen LogP contribution in [0.2, 0.25) is 0 Å². The number of amides is 2. The number of aliphatic hydroxyl groups excluding tert-OH is 1. The summed E-state index contributed by atoms with van der Waals surface area (Å²) in [7, 11) is 0. The number of anilines is 1. The molecule has 0 saturated carbocycles. The van der Waals surface area contributed by atoms with E-state index in [1.54, 1.807) is 60.4 Å². The maximum Gasteiger partial charge on any atom is 0.279 e. The van der Waals surface area contributed by atoms with E-state index in [1.807, 2.05) is 36.4 Å². The van der Waals surface area contributed by atoms with Gasteiger partial charge in [-0.15, -0.1) is 6.58 Å². The summed E-state index contributed by atoms with van der Waals surface area (Å²) in [6.45, 7) is 5.99. The van der Waals surface area contributed by atoms with Crippen molar-refractivity contribution in [3.05, 3.63) is 119 Å². The Morgan fingerprint density at radius 3 is 2.60 bits per heavy atom. The number of benzene rings is 3. The molecule has 3 N–H and O–H groups in total. The van der Waals surface area contributed by atoms with Crippen molar-refractivity contribution in [3.8, 4) is 5.69 Å². The van der Waals surface area contributed by atoms with Gasteiger partial charge in [-0.25, -0.2) is 4.68 Å². The van der Waals surface area contributed by atoms with Gasteiger partial charge in [0.1, 0.15) is 0 Å².